The van der Waals surface area contributed by atoms with Gasteiger partial charge in [-0.15, -0.1) is 11.8 Å². The second kappa shape index (κ2) is 13.3. The van der Waals surface area contributed by atoms with Crippen LogP contribution in [-0.4, -0.2) is 33.6 Å². The molecule has 224 valence electrons. The molecule has 0 spiro atoms. The van der Waals surface area contributed by atoms with Gasteiger partial charge in [-0.2, -0.15) is 0 Å². The highest BCUT2D eigenvalue weighted by Gasteiger charge is 2.20. The molecule has 0 fully saturated rings. The molecule has 0 aliphatic heterocycles. The molecule has 0 radical (unpaired) electrons. The molecule has 0 N–H and O–H groups in total. The zero-order chi connectivity index (χ0) is 31.5. The van der Waals surface area contributed by atoms with Crippen molar-refractivity contribution in [2.24, 2.45) is 5.16 Å². The van der Waals surface area contributed by atoms with Crippen molar-refractivity contribution >= 4 is 72.7 Å². The molecule has 5 aromatic rings. The first-order chi connectivity index (χ1) is 21.1. The normalized spacial score (nSPS) is 11.7. The van der Waals surface area contributed by atoms with Gasteiger partial charge in [-0.05, 0) is 92.9 Å². The lowest BCUT2D eigenvalue weighted by atomic mass is 9.97. The molecule has 44 heavy (non-hydrogen) atoms. The summed E-state index contributed by atoms with van der Waals surface area (Å²) in [6.07, 6.45) is 0.315. The molecular formula is C36H33BrN2O4S. The number of hydrogen-bond acceptors (Lipinski definition) is 6. The fourth-order valence-corrected chi connectivity index (χ4v) is 7.33. The fourth-order valence-electron chi connectivity index (χ4n) is 5.57. The number of fused-ring (bicyclic) bond motifs is 3. The van der Waals surface area contributed by atoms with E-state index >= 15 is 0 Å². The van der Waals surface area contributed by atoms with Gasteiger partial charge in [0.1, 0.15) is 5.71 Å². The monoisotopic (exact) mass is 668 g/mol. The highest BCUT2D eigenvalue weighted by Crippen LogP contribution is 2.33. The van der Waals surface area contributed by atoms with Gasteiger partial charge in [0.15, 0.2) is 5.78 Å². The van der Waals surface area contributed by atoms with Gasteiger partial charge in [0.25, 0.3) is 0 Å². The van der Waals surface area contributed by atoms with Gasteiger partial charge >= 0.3 is 5.97 Å². The lowest BCUT2D eigenvalue weighted by Crippen LogP contribution is -2.17. The van der Waals surface area contributed by atoms with Crippen LogP contribution >= 0.6 is 27.7 Å². The number of aryl methyl sites for hydroxylation is 4. The summed E-state index contributed by atoms with van der Waals surface area (Å²) in [6.45, 7) is 10.1. The van der Waals surface area contributed by atoms with Gasteiger partial charge in [0.05, 0.1) is 0 Å². The fraction of sp³-hybridized carbons (Fsp3) is 0.222. The molecule has 0 unspecified atom stereocenters. The third-order valence-electron chi connectivity index (χ3n) is 7.65. The van der Waals surface area contributed by atoms with Crippen molar-refractivity contribution in [1.82, 2.24) is 4.57 Å². The van der Waals surface area contributed by atoms with Crippen LogP contribution in [0.1, 0.15) is 63.2 Å². The summed E-state index contributed by atoms with van der Waals surface area (Å²) in [7, 11) is 0. The van der Waals surface area contributed by atoms with E-state index in [2.05, 4.69) is 58.6 Å². The van der Waals surface area contributed by atoms with Crippen molar-refractivity contribution in [3.05, 3.63) is 111 Å². The summed E-state index contributed by atoms with van der Waals surface area (Å²) in [5.41, 5.74) is 7.03. The summed E-state index contributed by atoms with van der Waals surface area (Å²) in [6, 6.07) is 23.0. The number of ketones is 2. The van der Waals surface area contributed by atoms with Crippen LogP contribution in [0.25, 0.3) is 21.8 Å². The zero-order valence-corrected chi connectivity index (χ0v) is 27.8. The Kier molecular flexibility index (Phi) is 9.51. The summed E-state index contributed by atoms with van der Waals surface area (Å²) in [5, 5.41) is 5.74. The van der Waals surface area contributed by atoms with Crippen LogP contribution in [0.4, 0.5) is 0 Å². The van der Waals surface area contributed by atoms with E-state index in [-0.39, 0.29) is 17.3 Å². The molecule has 5 rings (SSSR count). The standard InChI is InChI=1S/C36H33BrN2O4S/c1-6-39-32-13-11-25(34(41)28-10-8-7-9-21(28)2)19-29(32)30-20-26(12-14-33(30)39)35(42)31(38-43-24(5)40)15-16-44-36-22(3)17-27(37)18-23(36)4/h7-14,17-20H,6,15-16H2,1-5H3. The highest BCUT2D eigenvalue weighted by atomic mass is 79.9. The van der Waals surface area contributed by atoms with Gasteiger partial charge in [-0.1, -0.05) is 45.4 Å². The largest absolute Gasteiger partial charge is 0.341 e. The lowest BCUT2D eigenvalue weighted by Gasteiger charge is -2.11. The van der Waals surface area contributed by atoms with Gasteiger partial charge in [0.2, 0.25) is 5.78 Å². The molecule has 4 aromatic carbocycles. The van der Waals surface area contributed by atoms with Crippen molar-refractivity contribution in [2.45, 2.75) is 52.5 Å². The van der Waals surface area contributed by atoms with Crippen LogP contribution in [0.3, 0.4) is 0 Å². The van der Waals surface area contributed by atoms with E-state index < -0.39 is 5.97 Å². The Morgan fingerprint density at radius 1 is 0.841 bits per heavy atom. The third-order valence-corrected chi connectivity index (χ3v) is 9.45. The summed E-state index contributed by atoms with van der Waals surface area (Å²) in [4.78, 5) is 45.0. The second-order valence-corrected chi connectivity index (χ2v) is 12.8. The van der Waals surface area contributed by atoms with Crippen LogP contribution in [0.15, 0.2) is 87.3 Å². The van der Waals surface area contributed by atoms with Crippen LogP contribution < -0.4 is 0 Å². The van der Waals surface area contributed by atoms with Crippen molar-refractivity contribution in [3.8, 4) is 0 Å². The molecule has 8 heteroatoms. The van der Waals surface area contributed by atoms with Crippen LogP contribution in [0, 0.1) is 20.8 Å². The van der Waals surface area contributed by atoms with Crippen LogP contribution in [0.5, 0.6) is 0 Å². The molecule has 1 aromatic heterocycles. The first-order valence-corrected chi connectivity index (χ1v) is 16.2. The molecule has 0 saturated heterocycles. The lowest BCUT2D eigenvalue weighted by molar-refractivity contribution is -0.140. The average Bonchev–Trinajstić information content (AvgIpc) is 3.31. The minimum Gasteiger partial charge on any atom is -0.341 e. The number of carbonyl (C=O) groups is 3. The number of carbonyl (C=O) groups excluding carboxylic acids is 3. The Morgan fingerprint density at radius 3 is 2.07 bits per heavy atom. The molecular weight excluding hydrogens is 636 g/mol. The number of thioether (sulfide) groups is 1. The molecule has 0 aliphatic carbocycles. The number of aromatic nitrogens is 1. The van der Waals surface area contributed by atoms with E-state index in [1.165, 1.54) is 6.92 Å². The maximum atomic E-state index is 13.8. The predicted molar refractivity (Wildman–Crippen MR) is 182 cm³/mol. The first kappa shape index (κ1) is 31.4. The predicted octanol–water partition coefficient (Wildman–Crippen LogP) is 9.02. The van der Waals surface area contributed by atoms with Crippen molar-refractivity contribution < 1.29 is 19.2 Å². The zero-order valence-electron chi connectivity index (χ0n) is 25.4. The van der Waals surface area contributed by atoms with E-state index in [4.69, 9.17) is 4.84 Å². The maximum absolute atomic E-state index is 13.8. The number of oxime groups is 1. The molecule has 0 amide bonds. The second-order valence-electron chi connectivity index (χ2n) is 10.8. The highest BCUT2D eigenvalue weighted by molar-refractivity contribution is 9.10. The average molecular weight is 670 g/mol. The number of benzene rings is 4. The minimum atomic E-state index is -0.588. The van der Waals surface area contributed by atoms with E-state index in [9.17, 15) is 14.4 Å². The number of halogens is 1. The number of nitrogens with zero attached hydrogens (tertiary/aromatic N) is 2. The Hall–Kier alpha value is -4.01. The first-order valence-electron chi connectivity index (χ1n) is 14.4. The van der Waals surface area contributed by atoms with E-state index in [0.29, 0.717) is 28.9 Å². The quantitative estimate of drug-likeness (QED) is 0.0488. The maximum Gasteiger partial charge on any atom is 0.331 e. The molecule has 0 saturated carbocycles. The molecule has 0 bridgehead atoms. The molecule has 0 atom stereocenters. The Morgan fingerprint density at radius 2 is 1.45 bits per heavy atom. The topological polar surface area (TPSA) is 77.7 Å². The van der Waals surface area contributed by atoms with Crippen molar-refractivity contribution in [2.75, 3.05) is 5.75 Å². The van der Waals surface area contributed by atoms with Crippen LogP contribution in [-0.2, 0) is 16.2 Å². The summed E-state index contributed by atoms with van der Waals surface area (Å²) >= 11 is 5.18. The van der Waals surface area contributed by atoms with Crippen molar-refractivity contribution in [3.63, 3.8) is 0 Å². The van der Waals surface area contributed by atoms with Gasteiger partial charge in [0, 0.05) is 73.5 Å². The SMILES string of the molecule is CCn1c2ccc(C(=O)C(CCSc3c(C)cc(Br)cc3C)=NOC(C)=O)cc2c2cc(C(=O)c3ccccc3C)ccc21. The van der Waals surface area contributed by atoms with Crippen LogP contribution in [0.2, 0.25) is 0 Å². The minimum absolute atomic E-state index is 0.0424. The van der Waals surface area contributed by atoms with E-state index in [1.807, 2.05) is 61.5 Å². The number of Topliss-reactive ketones (excluding diaryl/α,β-unsaturated/α-hetero) is 1. The number of hydrogen-bond donors (Lipinski definition) is 0. The van der Waals surface area contributed by atoms with Gasteiger partial charge in [-0.25, -0.2) is 4.79 Å². The van der Waals surface area contributed by atoms with E-state index in [1.54, 1.807) is 17.8 Å². The third kappa shape index (κ3) is 6.42. The van der Waals surface area contributed by atoms with E-state index in [0.717, 1.165) is 54.4 Å². The summed E-state index contributed by atoms with van der Waals surface area (Å²) < 4.78 is 3.20. The number of rotatable bonds is 10. The molecule has 1 heterocycles. The van der Waals surface area contributed by atoms with Gasteiger partial charge in [-0.3, -0.25) is 9.59 Å². The van der Waals surface area contributed by atoms with Crippen molar-refractivity contribution in [1.29, 1.82) is 0 Å². The van der Waals surface area contributed by atoms with Gasteiger partial charge < -0.3 is 9.40 Å². The Bertz CT molecular complexity index is 1950. The Balaban J connectivity index is 1.50. The summed E-state index contributed by atoms with van der Waals surface area (Å²) in [5.74, 6) is -0.353. The Labute approximate surface area is 269 Å². The smallest absolute Gasteiger partial charge is 0.331 e. The molecule has 0 aliphatic rings. The molecule has 6 nitrogen and oxygen atoms in total.